The molecule has 2 aromatic heterocycles. The van der Waals surface area contributed by atoms with Crippen LogP contribution in [0.15, 0.2) is 23.2 Å². The van der Waals surface area contributed by atoms with E-state index in [4.69, 9.17) is 17.3 Å². The summed E-state index contributed by atoms with van der Waals surface area (Å²) >= 11 is 6.06. The predicted molar refractivity (Wildman–Crippen MR) is 76.9 cm³/mol. The van der Waals surface area contributed by atoms with Crippen molar-refractivity contribution in [1.29, 1.82) is 0 Å². The number of fused-ring (bicyclic) bond motifs is 1. The van der Waals surface area contributed by atoms with Crippen molar-refractivity contribution in [2.24, 2.45) is 0 Å². The van der Waals surface area contributed by atoms with Gasteiger partial charge in [-0.1, -0.05) is 11.6 Å². The van der Waals surface area contributed by atoms with Crippen LogP contribution in [0.4, 0.5) is 5.82 Å². The van der Waals surface area contributed by atoms with Crippen molar-refractivity contribution in [2.75, 3.05) is 5.73 Å². The molecule has 0 aliphatic carbocycles. The number of rotatable bonds is 2. The summed E-state index contributed by atoms with van der Waals surface area (Å²) in [6.45, 7) is 2.04. The highest BCUT2D eigenvalue weighted by Crippen LogP contribution is 2.30. The van der Waals surface area contributed by atoms with Gasteiger partial charge in [-0.15, -0.1) is 0 Å². The van der Waals surface area contributed by atoms with E-state index in [0.717, 1.165) is 0 Å². The van der Waals surface area contributed by atoms with Gasteiger partial charge in [-0.2, -0.15) is 4.31 Å². The van der Waals surface area contributed by atoms with Crippen molar-refractivity contribution in [1.82, 2.24) is 19.3 Å². The fourth-order valence-electron chi connectivity index (χ4n) is 2.17. The third-order valence-corrected chi connectivity index (χ3v) is 5.30. The lowest BCUT2D eigenvalue weighted by atomic mass is 10.3. The van der Waals surface area contributed by atoms with E-state index in [9.17, 15) is 8.42 Å². The van der Waals surface area contributed by atoms with E-state index < -0.39 is 10.0 Å². The zero-order chi connectivity index (χ0) is 15.2. The van der Waals surface area contributed by atoms with E-state index in [1.165, 1.54) is 22.6 Å². The van der Waals surface area contributed by atoms with Gasteiger partial charge in [0.25, 0.3) is 0 Å². The standard InChI is InChI=1S/C12H12ClN5O2S/c1-7-16-10-6-18(5-9(10)12(13)17-7)21(19,20)8-2-3-11(14)15-4-8/h2-4H,5-6H2,1H3,(H2,14,15). The van der Waals surface area contributed by atoms with Crippen molar-refractivity contribution in [3.63, 3.8) is 0 Å². The van der Waals surface area contributed by atoms with Gasteiger partial charge < -0.3 is 5.73 Å². The van der Waals surface area contributed by atoms with Gasteiger partial charge in [0.1, 0.15) is 21.7 Å². The topological polar surface area (TPSA) is 102 Å². The van der Waals surface area contributed by atoms with Crippen LogP contribution in [0.2, 0.25) is 5.15 Å². The molecule has 0 saturated heterocycles. The molecule has 3 rings (SSSR count). The second-order valence-electron chi connectivity index (χ2n) is 4.68. The first-order valence-electron chi connectivity index (χ1n) is 6.11. The molecule has 2 aromatic rings. The summed E-state index contributed by atoms with van der Waals surface area (Å²) in [5.74, 6) is 0.787. The number of nitrogens with zero attached hydrogens (tertiary/aromatic N) is 4. The molecule has 0 radical (unpaired) electrons. The first-order chi connectivity index (χ1) is 9.88. The van der Waals surface area contributed by atoms with E-state index in [0.29, 0.717) is 22.2 Å². The number of aryl methyl sites for hydroxylation is 1. The van der Waals surface area contributed by atoms with E-state index >= 15 is 0 Å². The van der Waals surface area contributed by atoms with Gasteiger partial charge >= 0.3 is 0 Å². The van der Waals surface area contributed by atoms with Crippen molar-refractivity contribution in [3.8, 4) is 0 Å². The quantitative estimate of drug-likeness (QED) is 0.830. The second-order valence-corrected chi connectivity index (χ2v) is 6.97. The van der Waals surface area contributed by atoms with Crippen molar-refractivity contribution < 1.29 is 8.42 Å². The highest BCUT2D eigenvalue weighted by molar-refractivity contribution is 7.89. The molecule has 0 aromatic carbocycles. The maximum atomic E-state index is 12.6. The predicted octanol–water partition coefficient (Wildman–Crippen LogP) is 1.12. The van der Waals surface area contributed by atoms with Gasteiger partial charge in [0.2, 0.25) is 10.0 Å². The molecule has 9 heteroatoms. The van der Waals surface area contributed by atoms with Gasteiger partial charge in [0.05, 0.1) is 12.2 Å². The third kappa shape index (κ3) is 2.45. The van der Waals surface area contributed by atoms with Crippen LogP contribution in [-0.2, 0) is 23.1 Å². The summed E-state index contributed by atoms with van der Waals surface area (Å²) in [6, 6.07) is 2.88. The minimum absolute atomic E-state index is 0.0882. The zero-order valence-corrected chi connectivity index (χ0v) is 12.7. The molecule has 0 amide bonds. The first-order valence-corrected chi connectivity index (χ1v) is 7.93. The lowest BCUT2D eigenvalue weighted by Crippen LogP contribution is -2.25. The molecule has 7 nitrogen and oxygen atoms in total. The third-order valence-electron chi connectivity index (χ3n) is 3.21. The van der Waals surface area contributed by atoms with Crippen LogP contribution in [0.3, 0.4) is 0 Å². The normalized spacial score (nSPS) is 15.1. The molecular weight excluding hydrogens is 314 g/mol. The molecule has 1 aliphatic heterocycles. The van der Waals surface area contributed by atoms with E-state index in [2.05, 4.69) is 15.0 Å². The van der Waals surface area contributed by atoms with Crippen LogP contribution < -0.4 is 5.73 Å². The van der Waals surface area contributed by atoms with Crippen molar-refractivity contribution >= 4 is 27.4 Å². The average molecular weight is 326 g/mol. The van der Waals surface area contributed by atoms with Crippen LogP contribution in [0.1, 0.15) is 17.1 Å². The number of anilines is 1. The van der Waals surface area contributed by atoms with Crippen LogP contribution in [-0.4, -0.2) is 27.7 Å². The highest BCUT2D eigenvalue weighted by atomic mass is 35.5. The molecule has 3 heterocycles. The number of pyridine rings is 1. The van der Waals surface area contributed by atoms with Crippen molar-refractivity contribution in [3.05, 3.63) is 40.6 Å². The molecular formula is C12H12ClN5O2S. The number of aromatic nitrogens is 3. The smallest absolute Gasteiger partial charge is 0.245 e. The molecule has 0 unspecified atom stereocenters. The van der Waals surface area contributed by atoms with Crippen LogP contribution in [0, 0.1) is 6.92 Å². The summed E-state index contributed by atoms with van der Waals surface area (Å²) in [4.78, 5) is 12.2. The Morgan fingerprint density at radius 3 is 2.71 bits per heavy atom. The monoisotopic (exact) mass is 325 g/mol. The van der Waals surface area contributed by atoms with Gasteiger partial charge in [0, 0.05) is 18.3 Å². The molecule has 1 aliphatic rings. The first kappa shape index (κ1) is 14.2. The summed E-state index contributed by atoms with van der Waals surface area (Å²) in [7, 11) is -3.66. The number of sulfonamides is 1. The number of nitrogens with two attached hydrogens (primary N) is 1. The highest BCUT2D eigenvalue weighted by Gasteiger charge is 2.33. The van der Waals surface area contributed by atoms with Gasteiger partial charge in [-0.25, -0.2) is 23.4 Å². The van der Waals surface area contributed by atoms with Crippen LogP contribution in [0.25, 0.3) is 0 Å². The van der Waals surface area contributed by atoms with Crippen LogP contribution >= 0.6 is 11.6 Å². The Morgan fingerprint density at radius 2 is 2.05 bits per heavy atom. The Kier molecular flexibility index (Phi) is 3.31. The molecule has 0 atom stereocenters. The molecule has 21 heavy (non-hydrogen) atoms. The number of hydrogen-bond donors (Lipinski definition) is 1. The molecule has 0 saturated carbocycles. The van der Waals surface area contributed by atoms with Gasteiger partial charge in [-0.3, -0.25) is 0 Å². The maximum Gasteiger partial charge on any atom is 0.245 e. The van der Waals surface area contributed by atoms with Crippen LogP contribution in [0.5, 0.6) is 0 Å². The Morgan fingerprint density at radius 1 is 1.29 bits per heavy atom. The zero-order valence-electron chi connectivity index (χ0n) is 11.1. The maximum absolute atomic E-state index is 12.6. The molecule has 0 bridgehead atoms. The minimum Gasteiger partial charge on any atom is -0.384 e. The summed E-state index contributed by atoms with van der Waals surface area (Å²) < 4.78 is 26.4. The minimum atomic E-state index is -3.66. The lowest BCUT2D eigenvalue weighted by molar-refractivity contribution is 0.429. The largest absolute Gasteiger partial charge is 0.384 e. The average Bonchev–Trinajstić information content (AvgIpc) is 2.84. The summed E-state index contributed by atoms with van der Waals surface area (Å²) in [6.07, 6.45) is 1.24. The lowest BCUT2D eigenvalue weighted by Gasteiger charge is -2.14. The van der Waals surface area contributed by atoms with E-state index in [-0.39, 0.29) is 23.8 Å². The van der Waals surface area contributed by atoms with Crippen molar-refractivity contribution in [2.45, 2.75) is 24.9 Å². The fourth-order valence-corrected chi connectivity index (χ4v) is 3.77. The number of nitrogen functional groups attached to an aromatic ring is 1. The van der Waals surface area contributed by atoms with E-state index in [1.807, 2.05) is 0 Å². The molecule has 2 N–H and O–H groups in total. The number of halogens is 1. The molecule has 0 spiro atoms. The summed E-state index contributed by atoms with van der Waals surface area (Å²) in [5.41, 5.74) is 6.76. The Hall–Kier alpha value is -1.77. The number of hydrogen-bond acceptors (Lipinski definition) is 6. The Labute approximate surface area is 126 Å². The Bertz CT molecular complexity index is 807. The second kappa shape index (κ2) is 4.90. The molecule has 110 valence electrons. The SMILES string of the molecule is Cc1nc(Cl)c2c(n1)CN(S(=O)(=O)c1ccc(N)nc1)C2. The van der Waals surface area contributed by atoms with Gasteiger partial charge in [-0.05, 0) is 19.1 Å². The van der Waals surface area contributed by atoms with E-state index in [1.54, 1.807) is 6.92 Å². The summed E-state index contributed by atoms with van der Waals surface area (Å²) in [5, 5.41) is 0.297. The Balaban J connectivity index is 1.97. The fraction of sp³-hybridized carbons (Fsp3) is 0.250. The molecule has 0 fully saturated rings. The van der Waals surface area contributed by atoms with Gasteiger partial charge in [0.15, 0.2) is 0 Å².